The number of thiazole rings is 1. The molecule has 0 aliphatic heterocycles. The third kappa shape index (κ3) is 2.69. The van der Waals surface area contributed by atoms with Crippen molar-refractivity contribution in [3.05, 3.63) is 28.3 Å². The zero-order valence-corrected chi connectivity index (χ0v) is 10.3. The van der Waals surface area contributed by atoms with E-state index < -0.39 is 10.0 Å². The molecule has 7 nitrogen and oxygen atoms in total. The highest BCUT2D eigenvalue weighted by Crippen LogP contribution is 2.13. The molecule has 0 spiro atoms. The first kappa shape index (κ1) is 12.2. The van der Waals surface area contributed by atoms with E-state index >= 15 is 0 Å². The first-order valence-electron chi connectivity index (χ1n) is 4.63. The third-order valence-corrected chi connectivity index (χ3v) is 4.23. The molecule has 0 atom stereocenters. The van der Waals surface area contributed by atoms with Crippen molar-refractivity contribution in [1.29, 1.82) is 0 Å². The Labute approximate surface area is 102 Å². The molecule has 0 aliphatic rings. The van der Waals surface area contributed by atoms with Crippen LogP contribution in [0.2, 0.25) is 0 Å². The van der Waals surface area contributed by atoms with E-state index in [1.54, 1.807) is 11.7 Å². The summed E-state index contributed by atoms with van der Waals surface area (Å²) in [5.74, 6) is 0. The minimum atomic E-state index is -3.68. The number of H-pyrrole nitrogens is 1. The Bertz CT molecular complexity index is 576. The summed E-state index contributed by atoms with van der Waals surface area (Å²) in [6.45, 7) is -0.218. The van der Waals surface area contributed by atoms with Crippen molar-refractivity contribution in [2.75, 3.05) is 0 Å². The van der Waals surface area contributed by atoms with Crippen LogP contribution < -0.4 is 4.72 Å². The number of aromatic amines is 1. The van der Waals surface area contributed by atoms with Gasteiger partial charge in [-0.05, 0) is 0 Å². The summed E-state index contributed by atoms with van der Waals surface area (Å²) in [4.78, 5) is 4.65. The molecular formula is C8H10N4O3S2. The molecule has 92 valence electrons. The zero-order chi connectivity index (χ0) is 12.3. The van der Waals surface area contributed by atoms with Crippen molar-refractivity contribution >= 4 is 21.4 Å². The molecule has 17 heavy (non-hydrogen) atoms. The van der Waals surface area contributed by atoms with Crippen molar-refractivity contribution in [3.63, 3.8) is 0 Å². The van der Waals surface area contributed by atoms with Gasteiger partial charge in [-0.1, -0.05) is 0 Å². The van der Waals surface area contributed by atoms with E-state index in [0.717, 1.165) is 4.88 Å². The van der Waals surface area contributed by atoms with Gasteiger partial charge >= 0.3 is 0 Å². The largest absolute Gasteiger partial charge is 0.392 e. The number of hydrogen-bond donors (Lipinski definition) is 3. The molecule has 2 aromatic rings. The minimum absolute atomic E-state index is 0.107. The van der Waals surface area contributed by atoms with Crippen molar-refractivity contribution < 1.29 is 13.5 Å². The summed E-state index contributed by atoms with van der Waals surface area (Å²) in [5.41, 5.74) is 1.86. The summed E-state index contributed by atoms with van der Waals surface area (Å²) in [5, 5.41) is 14.8. The average molecular weight is 274 g/mol. The molecule has 3 N–H and O–H groups in total. The van der Waals surface area contributed by atoms with Crippen LogP contribution in [0.25, 0.3) is 0 Å². The Balaban J connectivity index is 2.14. The van der Waals surface area contributed by atoms with E-state index in [9.17, 15) is 8.42 Å². The van der Waals surface area contributed by atoms with Crippen LogP contribution in [0, 0.1) is 0 Å². The van der Waals surface area contributed by atoms with E-state index in [0.29, 0.717) is 0 Å². The van der Waals surface area contributed by atoms with Gasteiger partial charge in [-0.25, -0.2) is 13.1 Å². The molecule has 2 rings (SSSR count). The Morgan fingerprint density at radius 2 is 2.29 bits per heavy atom. The van der Waals surface area contributed by atoms with E-state index in [1.807, 2.05) is 0 Å². The zero-order valence-electron chi connectivity index (χ0n) is 8.62. The number of aromatic nitrogens is 3. The number of rotatable bonds is 5. The van der Waals surface area contributed by atoms with Gasteiger partial charge in [-0.2, -0.15) is 5.10 Å². The Hall–Kier alpha value is -1.29. The van der Waals surface area contributed by atoms with Gasteiger partial charge in [0, 0.05) is 23.2 Å². The maximum atomic E-state index is 11.9. The topological polar surface area (TPSA) is 108 Å². The lowest BCUT2D eigenvalue weighted by Crippen LogP contribution is -2.24. The molecular weight excluding hydrogens is 264 g/mol. The summed E-state index contributed by atoms with van der Waals surface area (Å²) >= 11 is 1.36. The van der Waals surface area contributed by atoms with Crippen LogP contribution in [0.1, 0.15) is 10.4 Å². The van der Waals surface area contributed by atoms with Crippen LogP contribution in [0.15, 0.2) is 22.9 Å². The Morgan fingerprint density at radius 1 is 1.47 bits per heavy atom. The molecule has 0 bridgehead atoms. The van der Waals surface area contributed by atoms with Gasteiger partial charge in [0.05, 0.1) is 18.3 Å². The normalized spacial score (nSPS) is 11.8. The maximum Gasteiger partial charge on any atom is 0.258 e. The maximum absolute atomic E-state index is 11.9. The standard InChI is InChI=1S/C8H10N4O3S2/c13-4-6-1-10-12-8(6)17(14,15)11-3-7-2-9-5-16-7/h1-2,5,11,13H,3-4H2,(H,10,12). The van der Waals surface area contributed by atoms with E-state index in [4.69, 9.17) is 5.11 Å². The van der Waals surface area contributed by atoms with Crippen LogP contribution in [0.3, 0.4) is 0 Å². The summed E-state index contributed by atoms with van der Waals surface area (Å²) in [7, 11) is -3.68. The number of nitrogens with one attached hydrogen (secondary N) is 2. The highest BCUT2D eigenvalue weighted by molar-refractivity contribution is 7.89. The second-order valence-electron chi connectivity index (χ2n) is 3.17. The number of sulfonamides is 1. The molecule has 2 heterocycles. The summed E-state index contributed by atoms with van der Waals surface area (Å²) in [6.07, 6.45) is 2.87. The van der Waals surface area contributed by atoms with Crippen molar-refractivity contribution in [2.24, 2.45) is 0 Å². The van der Waals surface area contributed by atoms with Gasteiger partial charge in [0.1, 0.15) is 0 Å². The van der Waals surface area contributed by atoms with Gasteiger partial charge in [0.25, 0.3) is 10.0 Å². The predicted molar refractivity (Wildman–Crippen MR) is 60.7 cm³/mol. The molecule has 0 amide bonds. The number of aliphatic hydroxyl groups is 1. The van der Waals surface area contributed by atoms with Gasteiger partial charge in [-0.3, -0.25) is 10.1 Å². The summed E-state index contributed by atoms with van der Waals surface area (Å²) < 4.78 is 26.1. The molecule has 0 saturated carbocycles. The molecule has 0 fully saturated rings. The van der Waals surface area contributed by atoms with Gasteiger partial charge in [0.15, 0.2) is 5.03 Å². The van der Waals surface area contributed by atoms with Crippen molar-refractivity contribution in [2.45, 2.75) is 18.2 Å². The van der Waals surface area contributed by atoms with E-state index in [-0.39, 0.29) is 23.7 Å². The summed E-state index contributed by atoms with van der Waals surface area (Å²) in [6, 6.07) is 0. The number of hydrogen-bond acceptors (Lipinski definition) is 6. The fourth-order valence-electron chi connectivity index (χ4n) is 1.21. The second kappa shape index (κ2) is 4.92. The lowest BCUT2D eigenvalue weighted by Gasteiger charge is -2.04. The molecule has 0 unspecified atom stereocenters. The van der Waals surface area contributed by atoms with Gasteiger partial charge < -0.3 is 5.11 Å². The smallest absolute Gasteiger partial charge is 0.258 e. The molecule has 9 heteroatoms. The molecule has 0 saturated heterocycles. The predicted octanol–water partition coefficient (Wildman–Crippen LogP) is -0.163. The van der Waals surface area contributed by atoms with Crippen LogP contribution >= 0.6 is 11.3 Å². The minimum Gasteiger partial charge on any atom is -0.392 e. The van der Waals surface area contributed by atoms with Crippen LogP contribution in [-0.2, 0) is 23.2 Å². The van der Waals surface area contributed by atoms with Crippen LogP contribution in [0.4, 0.5) is 0 Å². The quantitative estimate of drug-likeness (QED) is 0.702. The highest BCUT2D eigenvalue weighted by atomic mass is 32.2. The Morgan fingerprint density at radius 3 is 2.94 bits per heavy atom. The fourth-order valence-corrected chi connectivity index (χ4v) is 2.96. The molecule has 2 aromatic heterocycles. The lowest BCUT2D eigenvalue weighted by atomic mass is 10.4. The monoisotopic (exact) mass is 274 g/mol. The highest BCUT2D eigenvalue weighted by Gasteiger charge is 2.20. The molecule has 0 aliphatic carbocycles. The van der Waals surface area contributed by atoms with Gasteiger partial charge in [0.2, 0.25) is 0 Å². The molecule has 0 aromatic carbocycles. The second-order valence-corrected chi connectivity index (χ2v) is 5.85. The fraction of sp³-hybridized carbons (Fsp3) is 0.250. The van der Waals surface area contributed by atoms with Crippen LogP contribution in [0.5, 0.6) is 0 Å². The van der Waals surface area contributed by atoms with Crippen molar-refractivity contribution in [3.8, 4) is 0 Å². The third-order valence-electron chi connectivity index (χ3n) is 2.04. The first-order chi connectivity index (χ1) is 8.13. The Kier molecular flexibility index (Phi) is 3.52. The SMILES string of the molecule is O=S(=O)(NCc1cncs1)c1[nH]ncc1CO. The van der Waals surface area contributed by atoms with Gasteiger partial charge in [-0.15, -0.1) is 11.3 Å². The lowest BCUT2D eigenvalue weighted by molar-refractivity contribution is 0.278. The van der Waals surface area contributed by atoms with Crippen molar-refractivity contribution in [1.82, 2.24) is 19.9 Å². The van der Waals surface area contributed by atoms with E-state index in [2.05, 4.69) is 19.9 Å². The molecule has 0 radical (unpaired) electrons. The van der Waals surface area contributed by atoms with E-state index in [1.165, 1.54) is 17.5 Å². The average Bonchev–Trinajstić information content (AvgIpc) is 2.97. The first-order valence-corrected chi connectivity index (χ1v) is 7.00. The number of nitrogens with zero attached hydrogens (tertiary/aromatic N) is 2. The van der Waals surface area contributed by atoms with Crippen LogP contribution in [-0.4, -0.2) is 28.7 Å². The number of aliphatic hydroxyl groups excluding tert-OH is 1.